The van der Waals surface area contributed by atoms with Gasteiger partial charge in [0.25, 0.3) is 5.56 Å². The maximum atomic E-state index is 11.1. The lowest BCUT2D eigenvalue weighted by atomic mass is 10.2. The second kappa shape index (κ2) is 2.47. The number of fused-ring (bicyclic) bond motifs is 1. The minimum atomic E-state index is -0.313. The van der Waals surface area contributed by atoms with E-state index in [1.807, 2.05) is 17.5 Å². The van der Waals surface area contributed by atoms with E-state index < -0.39 is 0 Å². The summed E-state index contributed by atoms with van der Waals surface area (Å²) in [6.45, 7) is 0. The molecule has 58 valence electrons. The fourth-order valence-electron chi connectivity index (χ4n) is 1.01. The molecule has 0 aliphatic rings. The third-order valence-electron chi connectivity index (χ3n) is 1.59. The van der Waals surface area contributed by atoms with Gasteiger partial charge in [0, 0.05) is 5.39 Å². The summed E-state index contributed by atoms with van der Waals surface area (Å²) in [6.07, 6.45) is 0. The number of hydrogen-bond acceptors (Lipinski definition) is 3. The first kappa shape index (κ1) is 7.07. The van der Waals surface area contributed by atoms with Gasteiger partial charge in [-0.2, -0.15) is 5.26 Å². The monoisotopic (exact) mass is 176 g/mol. The van der Waals surface area contributed by atoms with Crippen LogP contribution in [0.2, 0.25) is 0 Å². The van der Waals surface area contributed by atoms with Gasteiger partial charge in [-0.05, 0) is 17.5 Å². The highest BCUT2D eigenvalue weighted by atomic mass is 32.1. The summed E-state index contributed by atoms with van der Waals surface area (Å²) in [6, 6.07) is 5.31. The molecule has 2 aromatic rings. The number of rotatable bonds is 0. The number of nitrogens with one attached hydrogen (secondary N) is 1. The summed E-state index contributed by atoms with van der Waals surface area (Å²) >= 11 is 1.46. The van der Waals surface area contributed by atoms with Crippen LogP contribution in [0.3, 0.4) is 0 Å². The van der Waals surface area contributed by atoms with E-state index in [9.17, 15) is 4.79 Å². The average Bonchev–Trinajstić information content (AvgIpc) is 2.49. The molecule has 4 heteroatoms. The van der Waals surface area contributed by atoms with Gasteiger partial charge in [0.2, 0.25) is 0 Å². The van der Waals surface area contributed by atoms with E-state index in [4.69, 9.17) is 5.26 Å². The number of H-pyrrole nitrogens is 1. The molecular weight excluding hydrogens is 172 g/mol. The largest absolute Gasteiger partial charge is 0.312 e. The Hall–Kier alpha value is -1.60. The van der Waals surface area contributed by atoms with Crippen LogP contribution in [0.1, 0.15) is 5.56 Å². The summed E-state index contributed by atoms with van der Waals surface area (Å²) in [7, 11) is 0. The smallest absolute Gasteiger partial charge is 0.266 e. The van der Waals surface area contributed by atoms with Gasteiger partial charge < -0.3 is 4.98 Å². The molecule has 2 aromatic heterocycles. The second-order valence-electron chi connectivity index (χ2n) is 2.33. The first-order chi connectivity index (χ1) is 5.81. The Morgan fingerprint density at radius 1 is 1.58 bits per heavy atom. The van der Waals surface area contributed by atoms with Gasteiger partial charge in [0.15, 0.2) is 0 Å². The van der Waals surface area contributed by atoms with Crippen molar-refractivity contribution >= 4 is 21.6 Å². The van der Waals surface area contributed by atoms with E-state index in [1.165, 1.54) is 11.3 Å². The second-order valence-corrected chi connectivity index (χ2v) is 3.25. The number of thiophene rings is 1. The Morgan fingerprint density at radius 2 is 2.42 bits per heavy atom. The van der Waals surface area contributed by atoms with Crippen molar-refractivity contribution in [2.75, 3.05) is 0 Å². The van der Waals surface area contributed by atoms with Gasteiger partial charge in [-0.25, -0.2) is 0 Å². The van der Waals surface area contributed by atoms with Gasteiger partial charge in [-0.3, -0.25) is 4.79 Å². The zero-order valence-electron chi connectivity index (χ0n) is 6.00. The van der Waals surface area contributed by atoms with Crippen LogP contribution in [0.15, 0.2) is 22.3 Å². The quantitative estimate of drug-likeness (QED) is 0.660. The van der Waals surface area contributed by atoms with Crippen LogP contribution in [-0.2, 0) is 0 Å². The summed E-state index contributed by atoms with van der Waals surface area (Å²) in [5.41, 5.74) is -0.145. The van der Waals surface area contributed by atoms with Crippen molar-refractivity contribution in [2.45, 2.75) is 0 Å². The molecule has 0 unspecified atom stereocenters. The van der Waals surface area contributed by atoms with Crippen molar-refractivity contribution in [3.63, 3.8) is 0 Å². The Balaban J connectivity index is 2.93. The molecule has 0 atom stereocenters. The topological polar surface area (TPSA) is 56.6 Å². The van der Waals surface area contributed by atoms with E-state index in [-0.39, 0.29) is 11.1 Å². The molecule has 12 heavy (non-hydrogen) atoms. The summed E-state index contributed by atoms with van der Waals surface area (Å²) < 4.78 is 0. The van der Waals surface area contributed by atoms with Crippen molar-refractivity contribution in [3.05, 3.63) is 33.4 Å². The number of nitrogens with zero attached hydrogens (tertiary/aromatic N) is 1. The van der Waals surface area contributed by atoms with Gasteiger partial charge >= 0.3 is 0 Å². The minimum Gasteiger partial charge on any atom is -0.312 e. The molecule has 0 bridgehead atoms. The van der Waals surface area contributed by atoms with E-state index in [2.05, 4.69) is 4.98 Å². The molecular formula is C8H4N2OS. The first-order valence-electron chi connectivity index (χ1n) is 3.32. The molecule has 0 saturated heterocycles. The van der Waals surface area contributed by atoms with Crippen LogP contribution in [0.5, 0.6) is 0 Å². The van der Waals surface area contributed by atoms with Gasteiger partial charge in [0.1, 0.15) is 16.5 Å². The molecule has 2 heterocycles. The van der Waals surface area contributed by atoms with E-state index >= 15 is 0 Å². The maximum Gasteiger partial charge on any atom is 0.266 e. The number of nitriles is 1. The highest BCUT2D eigenvalue weighted by Crippen LogP contribution is 2.16. The molecule has 0 aliphatic heterocycles. The Kier molecular flexibility index (Phi) is 1.45. The van der Waals surface area contributed by atoms with Gasteiger partial charge in [-0.1, -0.05) is 0 Å². The number of aromatic nitrogens is 1. The third kappa shape index (κ3) is 0.917. The molecule has 0 saturated carbocycles. The van der Waals surface area contributed by atoms with Crippen molar-refractivity contribution < 1.29 is 0 Å². The van der Waals surface area contributed by atoms with Crippen molar-refractivity contribution in [2.24, 2.45) is 0 Å². The van der Waals surface area contributed by atoms with Crippen LogP contribution in [0.25, 0.3) is 10.2 Å². The summed E-state index contributed by atoms with van der Waals surface area (Å²) in [5, 5.41) is 11.3. The molecule has 0 aliphatic carbocycles. The van der Waals surface area contributed by atoms with Crippen LogP contribution < -0.4 is 5.56 Å². The standard InChI is InChI=1S/C8H4N2OS/c9-4-6-3-5-1-2-12-8(5)10-7(6)11/h1-3H,(H,10,11). The maximum absolute atomic E-state index is 11.1. The van der Waals surface area contributed by atoms with E-state index in [0.717, 1.165) is 10.2 Å². The summed E-state index contributed by atoms with van der Waals surface area (Å²) in [4.78, 5) is 14.5. The molecule has 0 radical (unpaired) electrons. The Labute approximate surface area is 71.9 Å². The minimum absolute atomic E-state index is 0.168. The van der Waals surface area contributed by atoms with E-state index in [1.54, 1.807) is 6.07 Å². The van der Waals surface area contributed by atoms with Crippen LogP contribution in [0, 0.1) is 11.3 Å². The molecule has 0 amide bonds. The zero-order valence-corrected chi connectivity index (χ0v) is 6.81. The van der Waals surface area contributed by atoms with Crippen LogP contribution in [-0.4, -0.2) is 4.98 Å². The Bertz CT molecular complexity index is 518. The highest BCUT2D eigenvalue weighted by molar-refractivity contribution is 7.16. The SMILES string of the molecule is N#Cc1cc2ccsc2[nH]c1=O. The summed E-state index contributed by atoms with van der Waals surface area (Å²) in [5.74, 6) is 0. The molecule has 1 N–H and O–H groups in total. The van der Waals surface area contributed by atoms with E-state index in [0.29, 0.717) is 0 Å². The number of hydrogen-bond donors (Lipinski definition) is 1. The predicted octanol–water partition coefficient (Wildman–Crippen LogP) is 1.46. The molecule has 2 rings (SSSR count). The molecule has 0 spiro atoms. The number of aromatic amines is 1. The first-order valence-corrected chi connectivity index (χ1v) is 4.20. The Morgan fingerprint density at radius 3 is 3.17 bits per heavy atom. The molecule has 3 nitrogen and oxygen atoms in total. The number of pyridine rings is 1. The van der Waals surface area contributed by atoms with Crippen molar-refractivity contribution in [1.82, 2.24) is 4.98 Å². The lowest BCUT2D eigenvalue weighted by molar-refractivity contribution is 1.29. The van der Waals surface area contributed by atoms with Crippen LogP contribution >= 0.6 is 11.3 Å². The van der Waals surface area contributed by atoms with Gasteiger partial charge in [-0.15, -0.1) is 11.3 Å². The molecule has 0 aromatic carbocycles. The predicted molar refractivity (Wildman–Crippen MR) is 47.2 cm³/mol. The molecule has 0 fully saturated rings. The zero-order chi connectivity index (χ0) is 8.55. The average molecular weight is 176 g/mol. The highest BCUT2D eigenvalue weighted by Gasteiger charge is 2.01. The van der Waals surface area contributed by atoms with Crippen molar-refractivity contribution in [3.8, 4) is 6.07 Å². The third-order valence-corrected chi connectivity index (χ3v) is 2.43. The fraction of sp³-hybridized carbons (Fsp3) is 0. The lowest BCUT2D eigenvalue weighted by Gasteiger charge is -1.88. The normalized spacial score (nSPS) is 9.92. The fourth-order valence-corrected chi connectivity index (χ4v) is 1.77. The lowest BCUT2D eigenvalue weighted by Crippen LogP contribution is -2.08. The van der Waals surface area contributed by atoms with Gasteiger partial charge in [0.05, 0.1) is 0 Å². The van der Waals surface area contributed by atoms with Crippen LogP contribution in [0.4, 0.5) is 0 Å². The van der Waals surface area contributed by atoms with Crippen molar-refractivity contribution in [1.29, 1.82) is 5.26 Å².